The predicted octanol–water partition coefficient (Wildman–Crippen LogP) is 6.51. The molecule has 0 fully saturated rings. The summed E-state index contributed by atoms with van der Waals surface area (Å²) in [5, 5.41) is 0. The van der Waals surface area contributed by atoms with E-state index in [1.807, 2.05) is 0 Å². The fourth-order valence-electron chi connectivity index (χ4n) is 3.16. The van der Waals surface area contributed by atoms with Crippen LogP contribution < -0.4 is 0 Å². The lowest BCUT2D eigenvalue weighted by atomic mass is 9.97. The Morgan fingerprint density at radius 1 is 0.682 bits per heavy atom. The first kappa shape index (κ1) is 14.8. The fourth-order valence-corrected chi connectivity index (χ4v) is 3.16. The molecule has 0 heteroatoms. The predicted molar refractivity (Wildman–Crippen MR) is 96.8 cm³/mol. The lowest BCUT2D eigenvalue weighted by Crippen LogP contribution is -1.84. The number of benzene rings is 1. The second-order valence-corrected chi connectivity index (χ2v) is 6.71. The van der Waals surface area contributed by atoms with Crippen molar-refractivity contribution in [3.63, 3.8) is 0 Å². The zero-order valence-electron chi connectivity index (χ0n) is 14.2. The summed E-state index contributed by atoms with van der Waals surface area (Å²) in [6.07, 6.45) is 0. The van der Waals surface area contributed by atoms with Crippen LogP contribution in [0.25, 0.3) is 22.3 Å². The minimum Gasteiger partial charge on any atom is -0.0587 e. The molecule has 0 N–H and O–H groups in total. The van der Waals surface area contributed by atoms with Crippen molar-refractivity contribution in [2.75, 3.05) is 0 Å². The molecule has 0 atom stereocenters. The topological polar surface area (TPSA) is 0 Å². The number of hydrogen-bond acceptors (Lipinski definition) is 0. The van der Waals surface area contributed by atoms with Gasteiger partial charge in [-0.1, -0.05) is 67.9 Å². The molecule has 112 valence electrons. The summed E-state index contributed by atoms with van der Waals surface area (Å²) in [4.78, 5) is 0. The van der Waals surface area contributed by atoms with Gasteiger partial charge in [0.25, 0.3) is 0 Å². The van der Waals surface area contributed by atoms with Crippen molar-refractivity contribution in [3.05, 3.63) is 70.8 Å². The van der Waals surface area contributed by atoms with Gasteiger partial charge in [-0.3, -0.25) is 0 Å². The highest BCUT2D eigenvalue weighted by molar-refractivity contribution is 5.90. The minimum atomic E-state index is 0.548. The first-order chi connectivity index (χ1) is 10.5. The lowest BCUT2D eigenvalue weighted by Gasteiger charge is -2.07. The Hall–Kier alpha value is -2.08. The van der Waals surface area contributed by atoms with Gasteiger partial charge in [-0.25, -0.2) is 0 Å². The molecular weight excluding hydrogens is 264 g/mol. The largest absolute Gasteiger partial charge is 0.0587 e. The average molecular weight is 288 g/mol. The van der Waals surface area contributed by atoms with Gasteiger partial charge in [0.15, 0.2) is 0 Å². The standard InChI is InChI=1S/C22H24/c1-14(2)19-11-8-16(4)22-20(13-19)17(5)12-21(22)18-9-6-15(3)7-10-18/h6-14H,1-5H3. The van der Waals surface area contributed by atoms with E-state index in [1.165, 1.54) is 44.5 Å². The molecule has 0 saturated heterocycles. The molecular formula is C22H24. The number of aryl methyl sites for hydroxylation is 3. The van der Waals surface area contributed by atoms with Gasteiger partial charge < -0.3 is 0 Å². The summed E-state index contributed by atoms with van der Waals surface area (Å²) >= 11 is 0. The quantitative estimate of drug-likeness (QED) is 0.504. The Morgan fingerprint density at radius 3 is 2.00 bits per heavy atom. The van der Waals surface area contributed by atoms with Crippen molar-refractivity contribution in [1.29, 1.82) is 0 Å². The molecule has 0 radical (unpaired) electrons. The van der Waals surface area contributed by atoms with Gasteiger partial charge in [0, 0.05) is 0 Å². The second-order valence-electron chi connectivity index (χ2n) is 6.71. The normalized spacial score (nSPS) is 11.4. The second kappa shape index (κ2) is 5.61. The summed E-state index contributed by atoms with van der Waals surface area (Å²) in [7, 11) is 0. The van der Waals surface area contributed by atoms with E-state index in [0.717, 1.165) is 0 Å². The number of fused-ring (bicyclic) bond motifs is 1. The molecule has 0 unspecified atom stereocenters. The van der Waals surface area contributed by atoms with Gasteiger partial charge in [0.1, 0.15) is 0 Å². The molecule has 3 rings (SSSR count). The van der Waals surface area contributed by atoms with Crippen LogP contribution >= 0.6 is 0 Å². The van der Waals surface area contributed by atoms with Gasteiger partial charge in [-0.15, -0.1) is 0 Å². The van der Waals surface area contributed by atoms with Crippen LogP contribution in [0.3, 0.4) is 0 Å². The minimum absolute atomic E-state index is 0.548. The van der Waals surface area contributed by atoms with E-state index in [-0.39, 0.29) is 0 Å². The van der Waals surface area contributed by atoms with Crippen LogP contribution in [0.2, 0.25) is 0 Å². The molecule has 0 heterocycles. The number of rotatable bonds is 2. The van der Waals surface area contributed by atoms with Crippen LogP contribution in [0.5, 0.6) is 0 Å². The van der Waals surface area contributed by atoms with E-state index in [1.54, 1.807) is 0 Å². The van der Waals surface area contributed by atoms with Gasteiger partial charge >= 0.3 is 0 Å². The van der Waals surface area contributed by atoms with Crippen molar-refractivity contribution in [2.24, 2.45) is 0 Å². The summed E-state index contributed by atoms with van der Waals surface area (Å²) in [5.74, 6) is 0.548. The Balaban J connectivity index is 2.26. The SMILES string of the molecule is Cc1ccc(-c2cc(C)c3cc(C(C)C)ccc(C)c2-3)cc1. The van der Waals surface area contributed by atoms with Crippen LogP contribution in [0, 0.1) is 20.8 Å². The monoisotopic (exact) mass is 288 g/mol. The smallest absolute Gasteiger partial charge is 0.00733 e. The molecule has 1 aromatic carbocycles. The third-order valence-corrected chi connectivity index (χ3v) is 4.58. The van der Waals surface area contributed by atoms with Crippen LogP contribution in [-0.4, -0.2) is 0 Å². The number of hydrogen-bond donors (Lipinski definition) is 0. The van der Waals surface area contributed by atoms with Gasteiger partial charge in [0.2, 0.25) is 0 Å². The summed E-state index contributed by atoms with van der Waals surface area (Å²) < 4.78 is 0. The molecule has 1 aromatic rings. The average Bonchev–Trinajstić information content (AvgIpc) is 2.69. The summed E-state index contributed by atoms with van der Waals surface area (Å²) in [5.41, 5.74) is 10.9. The maximum atomic E-state index is 2.38. The first-order valence-corrected chi connectivity index (χ1v) is 8.08. The van der Waals surface area contributed by atoms with Crippen molar-refractivity contribution in [2.45, 2.75) is 40.5 Å². The van der Waals surface area contributed by atoms with E-state index in [9.17, 15) is 0 Å². The molecule has 0 aromatic heterocycles. The highest BCUT2D eigenvalue weighted by Gasteiger charge is 2.17. The summed E-state index contributed by atoms with van der Waals surface area (Å²) in [6, 6.07) is 18.1. The Morgan fingerprint density at radius 2 is 1.36 bits per heavy atom. The van der Waals surface area contributed by atoms with Crippen LogP contribution in [-0.2, 0) is 0 Å². The third kappa shape index (κ3) is 2.54. The molecule has 0 bridgehead atoms. The van der Waals surface area contributed by atoms with Crippen molar-refractivity contribution < 1.29 is 0 Å². The molecule has 0 saturated carbocycles. The molecule has 0 amide bonds. The van der Waals surface area contributed by atoms with E-state index >= 15 is 0 Å². The Bertz CT molecular complexity index is 776. The van der Waals surface area contributed by atoms with Gasteiger partial charge in [-0.2, -0.15) is 0 Å². The van der Waals surface area contributed by atoms with Gasteiger partial charge in [0.05, 0.1) is 0 Å². The Kier molecular flexibility index (Phi) is 3.78. The Labute approximate surface area is 134 Å². The van der Waals surface area contributed by atoms with Crippen LogP contribution in [0.15, 0.2) is 48.5 Å². The highest BCUT2D eigenvalue weighted by Crippen LogP contribution is 2.41. The zero-order chi connectivity index (χ0) is 15.9. The molecule has 2 aliphatic carbocycles. The first-order valence-electron chi connectivity index (χ1n) is 8.08. The highest BCUT2D eigenvalue weighted by atomic mass is 14.2. The third-order valence-electron chi connectivity index (χ3n) is 4.58. The molecule has 0 aliphatic heterocycles. The van der Waals surface area contributed by atoms with E-state index in [4.69, 9.17) is 0 Å². The zero-order valence-corrected chi connectivity index (χ0v) is 14.2. The van der Waals surface area contributed by atoms with Crippen molar-refractivity contribution in [1.82, 2.24) is 0 Å². The van der Waals surface area contributed by atoms with Crippen molar-refractivity contribution >= 4 is 0 Å². The fraction of sp³-hybridized carbons (Fsp3) is 0.273. The molecule has 2 aliphatic rings. The van der Waals surface area contributed by atoms with E-state index in [2.05, 4.69) is 83.1 Å². The van der Waals surface area contributed by atoms with E-state index < -0.39 is 0 Å². The maximum Gasteiger partial charge on any atom is -0.00733 e. The van der Waals surface area contributed by atoms with Crippen LogP contribution in [0.1, 0.15) is 42.0 Å². The van der Waals surface area contributed by atoms with Gasteiger partial charge in [-0.05, 0) is 65.6 Å². The lowest BCUT2D eigenvalue weighted by molar-refractivity contribution is 0.868. The molecule has 0 spiro atoms. The summed E-state index contributed by atoms with van der Waals surface area (Å²) in [6.45, 7) is 11.1. The van der Waals surface area contributed by atoms with Crippen LogP contribution in [0.4, 0.5) is 0 Å². The van der Waals surface area contributed by atoms with E-state index in [0.29, 0.717) is 5.92 Å². The molecule has 22 heavy (non-hydrogen) atoms. The van der Waals surface area contributed by atoms with Crippen molar-refractivity contribution in [3.8, 4) is 22.3 Å². The maximum absolute atomic E-state index is 2.38. The molecule has 0 nitrogen and oxygen atoms in total.